The van der Waals surface area contributed by atoms with Crippen LogP contribution in [0.5, 0.6) is 5.75 Å². The largest absolute Gasteiger partial charge is 1.00 e. The van der Waals surface area contributed by atoms with Crippen LogP contribution in [-0.4, -0.2) is 21.9 Å². The highest BCUT2D eigenvalue weighted by Gasteiger charge is 2.16. The molecule has 0 saturated carbocycles. The number of hydrogen-bond donors (Lipinski definition) is 5. The van der Waals surface area contributed by atoms with Gasteiger partial charge in [0.1, 0.15) is 11.4 Å². The molecule has 0 bridgehead atoms. The number of amides is 2. The van der Waals surface area contributed by atoms with Crippen LogP contribution in [0.15, 0.2) is 35.4 Å². The molecule has 0 aromatic carbocycles. The van der Waals surface area contributed by atoms with Gasteiger partial charge < -0.3 is 28.2 Å². The summed E-state index contributed by atoms with van der Waals surface area (Å²) in [4.78, 5) is 36.7. The van der Waals surface area contributed by atoms with Gasteiger partial charge in [-0.25, -0.2) is 5.84 Å². The zero-order valence-electron chi connectivity index (χ0n) is 11.7. The average molecular weight is 340 g/mol. The summed E-state index contributed by atoms with van der Waals surface area (Å²) in [6.07, 6.45) is 3.10. The fraction of sp³-hybridized carbons (Fsp3) is 0.0769. The third kappa shape index (κ3) is 4.05. The Morgan fingerprint density at radius 2 is 1.91 bits per heavy atom. The monoisotopic (exact) mass is 339 g/mol. The number of hydrazine groups is 1. The third-order valence-electron chi connectivity index (χ3n) is 2.97. The fourth-order valence-corrected chi connectivity index (χ4v) is 1.83. The van der Waals surface area contributed by atoms with Crippen molar-refractivity contribution >= 4 is 11.8 Å². The Morgan fingerprint density at radius 1 is 1.30 bits per heavy atom. The van der Waals surface area contributed by atoms with Gasteiger partial charge in [0.2, 0.25) is 11.3 Å². The Labute approximate surface area is 136 Å². The number of nitrogen functional groups attached to an aromatic ring is 1. The Morgan fingerprint density at radius 3 is 2.43 bits per heavy atom. The number of pyridine rings is 2. The lowest BCUT2D eigenvalue weighted by atomic mass is 10.2. The second kappa shape index (κ2) is 7.38. The van der Waals surface area contributed by atoms with Crippen molar-refractivity contribution in [1.82, 2.24) is 10.4 Å². The van der Waals surface area contributed by atoms with E-state index in [1.54, 1.807) is 17.0 Å². The van der Waals surface area contributed by atoms with Crippen LogP contribution in [0.1, 0.15) is 26.5 Å². The normalized spacial score (nSPS) is 9.78. The molecule has 0 atom stereocenters. The molecule has 0 saturated heterocycles. The average Bonchev–Trinajstić information content (AvgIpc) is 2.51. The van der Waals surface area contributed by atoms with Gasteiger partial charge in [-0.05, 0) is 0 Å². The number of rotatable bonds is 4. The second-order valence-electron chi connectivity index (χ2n) is 4.47. The van der Waals surface area contributed by atoms with Crippen molar-refractivity contribution in [3.8, 4) is 5.75 Å². The van der Waals surface area contributed by atoms with Crippen molar-refractivity contribution in [3.05, 3.63) is 57.8 Å². The molecule has 2 aromatic heterocycles. The number of aromatic hydroxyl groups is 1. The molecule has 0 aliphatic carbocycles. The van der Waals surface area contributed by atoms with Crippen LogP contribution in [0.2, 0.25) is 0 Å². The molecule has 0 fully saturated rings. The summed E-state index contributed by atoms with van der Waals surface area (Å²) >= 11 is 0. The van der Waals surface area contributed by atoms with Gasteiger partial charge in [0.15, 0.2) is 24.7 Å². The fourth-order valence-electron chi connectivity index (χ4n) is 1.83. The number of primary amides is 1. The van der Waals surface area contributed by atoms with E-state index in [1.165, 1.54) is 12.1 Å². The lowest BCUT2D eigenvalue weighted by Gasteiger charge is -2.05. The van der Waals surface area contributed by atoms with Crippen LogP contribution < -0.4 is 39.4 Å². The minimum atomic E-state index is -0.707. The van der Waals surface area contributed by atoms with E-state index in [4.69, 9.17) is 11.6 Å². The summed E-state index contributed by atoms with van der Waals surface area (Å²) in [5.74, 6) is 3.25. The van der Waals surface area contributed by atoms with Gasteiger partial charge in [-0.3, -0.25) is 19.8 Å². The molecule has 2 aromatic rings. The van der Waals surface area contributed by atoms with E-state index in [-0.39, 0.29) is 30.3 Å². The Hall–Kier alpha value is -2.91. The van der Waals surface area contributed by atoms with Crippen LogP contribution >= 0.6 is 0 Å². The number of carbonyl (C=O) groups excluding carboxylic acids is 2. The van der Waals surface area contributed by atoms with E-state index in [2.05, 4.69) is 4.98 Å². The number of halogens is 1. The van der Waals surface area contributed by atoms with E-state index >= 15 is 0 Å². The van der Waals surface area contributed by atoms with Crippen LogP contribution in [0.25, 0.3) is 0 Å². The lowest BCUT2D eigenvalue weighted by molar-refractivity contribution is -0.688. The molecule has 122 valence electrons. The standard InChI is InChI=1S/C13H13N5O4.ClH/c14-12(21)7-1-3-18(4-2-7)6-9-11(20)10(19)5-8(16-9)13(22)17-15;/h1-5H,6,14H2,(H4,15,16,17,19,20,21,22);1H. The minimum absolute atomic E-state index is 0. The maximum atomic E-state index is 11.7. The summed E-state index contributed by atoms with van der Waals surface area (Å²) in [7, 11) is 0. The summed E-state index contributed by atoms with van der Waals surface area (Å²) in [6, 6.07) is 3.93. The molecule has 0 aliphatic rings. The van der Waals surface area contributed by atoms with E-state index in [0.29, 0.717) is 5.56 Å². The van der Waals surface area contributed by atoms with Crippen LogP contribution in [0.3, 0.4) is 0 Å². The SMILES string of the molecule is NNC(=O)c1cc(=O)c(O)c(C[n+]2ccc(C(N)=O)cc2)[nH]1.[Cl-]. The number of aromatic nitrogens is 2. The van der Waals surface area contributed by atoms with Crippen molar-refractivity contribution in [2.45, 2.75) is 6.54 Å². The molecular weight excluding hydrogens is 326 g/mol. The first kappa shape index (κ1) is 18.1. The van der Waals surface area contributed by atoms with Crippen molar-refractivity contribution in [2.24, 2.45) is 11.6 Å². The molecule has 0 spiro atoms. The van der Waals surface area contributed by atoms with Gasteiger partial charge in [0.25, 0.3) is 5.91 Å². The van der Waals surface area contributed by atoms with Gasteiger partial charge in [-0.2, -0.15) is 4.57 Å². The molecule has 2 heterocycles. The number of nitrogens with two attached hydrogens (primary N) is 2. The van der Waals surface area contributed by atoms with Gasteiger partial charge in [-0.1, -0.05) is 0 Å². The molecule has 2 amide bonds. The van der Waals surface area contributed by atoms with Crippen molar-refractivity contribution in [3.63, 3.8) is 0 Å². The quantitative estimate of drug-likeness (QED) is 0.163. The number of hydrogen-bond acceptors (Lipinski definition) is 5. The Bertz CT molecular complexity index is 788. The van der Waals surface area contributed by atoms with E-state index in [0.717, 1.165) is 6.07 Å². The first-order valence-corrected chi connectivity index (χ1v) is 6.17. The van der Waals surface area contributed by atoms with E-state index in [9.17, 15) is 19.5 Å². The zero-order valence-corrected chi connectivity index (χ0v) is 12.5. The second-order valence-corrected chi connectivity index (χ2v) is 4.47. The van der Waals surface area contributed by atoms with Crippen molar-refractivity contribution in [2.75, 3.05) is 0 Å². The van der Waals surface area contributed by atoms with E-state index in [1.807, 2.05) is 5.43 Å². The molecule has 0 radical (unpaired) electrons. The number of nitrogens with zero attached hydrogens (tertiary/aromatic N) is 1. The molecule has 0 unspecified atom stereocenters. The highest BCUT2D eigenvalue weighted by Crippen LogP contribution is 2.09. The summed E-state index contributed by atoms with van der Waals surface area (Å²) in [5, 5.41) is 9.79. The first-order chi connectivity index (χ1) is 10.4. The number of H-pyrrole nitrogens is 1. The predicted molar refractivity (Wildman–Crippen MR) is 74.6 cm³/mol. The molecule has 0 aliphatic heterocycles. The maximum Gasteiger partial charge on any atom is 0.281 e. The van der Waals surface area contributed by atoms with Crippen LogP contribution in [-0.2, 0) is 6.54 Å². The lowest BCUT2D eigenvalue weighted by Crippen LogP contribution is -3.00. The Kier molecular flexibility index (Phi) is 5.82. The summed E-state index contributed by atoms with van der Waals surface area (Å²) < 4.78 is 1.58. The van der Waals surface area contributed by atoms with Crippen LogP contribution in [0.4, 0.5) is 0 Å². The maximum absolute atomic E-state index is 11.7. The summed E-state index contributed by atoms with van der Waals surface area (Å²) in [6.45, 7) is 0.0752. The zero-order chi connectivity index (χ0) is 16.3. The van der Waals surface area contributed by atoms with Crippen LogP contribution in [0, 0.1) is 0 Å². The molecule has 2 rings (SSSR count). The first-order valence-electron chi connectivity index (χ1n) is 6.17. The summed E-state index contributed by atoms with van der Waals surface area (Å²) in [5.41, 5.74) is 6.70. The smallest absolute Gasteiger partial charge is 0.281 e. The van der Waals surface area contributed by atoms with Gasteiger partial charge in [-0.15, -0.1) is 0 Å². The van der Waals surface area contributed by atoms with Crippen molar-refractivity contribution < 1.29 is 31.7 Å². The van der Waals surface area contributed by atoms with E-state index < -0.39 is 23.0 Å². The molecule has 9 nitrogen and oxygen atoms in total. The topological polar surface area (TPSA) is 155 Å². The third-order valence-corrected chi connectivity index (χ3v) is 2.97. The molecule has 7 N–H and O–H groups in total. The van der Waals surface area contributed by atoms with Crippen molar-refractivity contribution in [1.29, 1.82) is 0 Å². The number of nitrogens with one attached hydrogen (secondary N) is 2. The highest BCUT2D eigenvalue weighted by molar-refractivity contribution is 5.92. The minimum Gasteiger partial charge on any atom is -1.00 e. The molecule has 10 heteroatoms. The number of aromatic amines is 1. The van der Waals surface area contributed by atoms with Gasteiger partial charge >= 0.3 is 0 Å². The number of carbonyl (C=O) groups is 2. The van der Waals surface area contributed by atoms with Gasteiger partial charge in [0, 0.05) is 18.2 Å². The Balaban J connectivity index is 0.00000264. The molecular formula is C13H14ClN5O4. The molecule has 23 heavy (non-hydrogen) atoms. The highest BCUT2D eigenvalue weighted by atomic mass is 35.5. The van der Waals surface area contributed by atoms with Gasteiger partial charge in [0.05, 0.1) is 5.56 Å². The predicted octanol–water partition coefficient (Wildman–Crippen LogP) is -4.88.